The Balaban J connectivity index is 2.43. The lowest BCUT2D eigenvalue weighted by molar-refractivity contribution is 0.917. The highest BCUT2D eigenvalue weighted by Crippen LogP contribution is 2.26. The van der Waals surface area contributed by atoms with Crippen molar-refractivity contribution in [2.24, 2.45) is 0 Å². The van der Waals surface area contributed by atoms with Gasteiger partial charge in [-0.2, -0.15) is 0 Å². The second kappa shape index (κ2) is 2.67. The molecule has 0 amide bonds. The van der Waals surface area contributed by atoms with Crippen LogP contribution in [0.2, 0.25) is 0 Å². The minimum Gasteiger partial charge on any atom is -0.359 e. The first-order valence-electron chi connectivity index (χ1n) is 4.30. The van der Waals surface area contributed by atoms with Gasteiger partial charge in [0.2, 0.25) is 0 Å². The first-order chi connectivity index (χ1) is 5.75. The van der Waals surface area contributed by atoms with Crippen molar-refractivity contribution in [1.82, 2.24) is 0 Å². The third kappa shape index (κ3) is 1.22. The molecule has 1 N–H and O–H groups in total. The Morgan fingerprint density at radius 2 is 2.17 bits per heavy atom. The number of allylic oxidation sites excluding steroid dienone is 1. The van der Waals surface area contributed by atoms with Gasteiger partial charge in [0.15, 0.2) is 0 Å². The van der Waals surface area contributed by atoms with Crippen LogP contribution in [0.3, 0.4) is 0 Å². The monoisotopic (exact) mass is 159 g/mol. The van der Waals surface area contributed by atoms with E-state index < -0.39 is 0 Å². The summed E-state index contributed by atoms with van der Waals surface area (Å²) in [6.45, 7) is 6.05. The molecular weight excluding hydrogens is 146 g/mol. The van der Waals surface area contributed by atoms with Crippen LogP contribution in [-0.2, 0) is 6.42 Å². The quantitative estimate of drug-likeness (QED) is 0.613. The van der Waals surface area contributed by atoms with Gasteiger partial charge in [-0.15, -0.1) is 0 Å². The summed E-state index contributed by atoms with van der Waals surface area (Å²) >= 11 is 0. The molecule has 1 nitrogen and oxygen atoms in total. The second-order valence-corrected chi connectivity index (χ2v) is 3.39. The van der Waals surface area contributed by atoms with Crippen molar-refractivity contribution in [3.63, 3.8) is 0 Å². The number of nitrogens with one attached hydrogen (secondary N) is 1. The Morgan fingerprint density at radius 1 is 1.33 bits per heavy atom. The highest BCUT2D eigenvalue weighted by Gasteiger charge is 2.09. The van der Waals surface area contributed by atoms with Gasteiger partial charge in [-0.05, 0) is 31.4 Å². The summed E-state index contributed by atoms with van der Waals surface area (Å²) in [5.74, 6) is 0. The van der Waals surface area contributed by atoms with Gasteiger partial charge in [0, 0.05) is 11.4 Å². The standard InChI is InChI=1S/C11H13N/c1-8-3-6-11-10(7-8)5-4-9(2)12-11/h3,6-7,12H,2,4-5H2,1H3. The van der Waals surface area contributed by atoms with E-state index in [1.807, 2.05) is 0 Å². The molecule has 0 saturated carbocycles. The van der Waals surface area contributed by atoms with E-state index in [0.717, 1.165) is 18.5 Å². The van der Waals surface area contributed by atoms with E-state index in [1.165, 1.54) is 16.8 Å². The summed E-state index contributed by atoms with van der Waals surface area (Å²) in [6.07, 6.45) is 2.19. The fourth-order valence-electron chi connectivity index (χ4n) is 1.59. The maximum atomic E-state index is 3.92. The predicted octanol–water partition coefficient (Wildman–Crippen LogP) is 2.87. The maximum absolute atomic E-state index is 3.92. The lowest BCUT2D eigenvalue weighted by atomic mass is 10.00. The molecule has 0 unspecified atom stereocenters. The predicted molar refractivity (Wildman–Crippen MR) is 52.3 cm³/mol. The van der Waals surface area contributed by atoms with E-state index in [-0.39, 0.29) is 0 Å². The summed E-state index contributed by atoms with van der Waals surface area (Å²) in [4.78, 5) is 0. The number of fused-ring (bicyclic) bond motifs is 1. The second-order valence-electron chi connectivity index (χ2n) is 3.39. The van der Waals surface area contributed by atoms with Gasteiger partial charge in [-0.3, -0.25) is 0 Å². The third-order valence-corrected chi connectivity index (χ3v) is 2.27. The van der Waals surface area contributed by atoms with E-state index in [1.54, 1.807) is 0 Å². The fraction of sp³-hybridized carbons (Fsp3) is 0.273. The van der Waals surface area contributed by atoms with Gasteiger partial charge in [0.05, 0.1) is 0 Å². The molecule has 1 aliphatic rings. The highest BCUT2D eigenvalue weighted by molar-refractivity contribution is 5.58. The molecule has 1 heterocycles. The lowest BCUT2D eigenvalue weighted by Crippen LogP contribution is -2.08. The van der Waals surface area contributed by atoms with Crippen LogP contribution in [0.4, 0.5) is 5.69 Å². The van der Waals surface area contributed by atoms with Crippen LogP contribution in [0.25, 0.3) is 0 Å². The number of benzene rings is 1. The molecule has 1 heteroatoms. The van der Waals surface area contributed by atoms with E-state index in [9.17, 15) is 0 Å². The van der Waals surface area contributed by atoms with Crippen LogP contribution in [0.1, 0.15) is 17.5 Å². The minimum atomic E-state index is 1.07. The zero-order valence-electron chi connectivity index (χ0n) is 7.35. The molecule has 62 valence electrons. The number of aryl methyl sites for hydroxylation is 2. The van der Waals surface area contributed by atoms with Crippen molar-refractivity contribution in [1.29, 1.82) is 0 Å². The summed E-state index contributed by atoms with van der Waals surface area (Å²) < 4.78 is 0. The molecule has 0 fully saturated rings. The van der Waals surface area contributed by atoms with E-state index in [2.05, 4.69) is 37.0 Å². The largest absolute Gasteiger partial charge is 0.359 e. The molecule has 2 rings (SSSR count). The zero-order chi connectivity index (χ0) is 8.55. The molecule has 1 aromatic rings. The Kier molecular flexibility index (Phi) is 1.65. The molecule has 0 radical (unpaired) electrons. The van der Waals surface area contributed by atoms with Crippen LogP contribution in [0.15, 0.2) is 30.5 Å². The molecule has 12 heavy (non-hydrogen) atoms. The average Bonchev–Trinajstić information content (AvgIpc) is 2.05. The number of rotatable bonds is 0. The normalized spacial score (nSPS) is 15.2. The molecule has 0 spiro atoms. The van der Waals surface area contributed by atoms with E-state index in [4.69, 9.17) is 0 Å². The smallest absolute Gasteiger partial charge is 0.0414 e. The highest BCUT2D eigenvalue weighted by atomic mass is 14.9. The van der Waals surface area contributed by atoms with Crippen molar-refractivity contribution >= 4 is 5.69 Å². The van der Waals surface area contributed by atoms with Crippen LogP contribution in [0, 0.1) is 6.92 Å². The Morgan fingerprint density at radius 3 is 3.00 bits per heavy atom. The number of hydrogen-bond acceptors (Lipinski definition) is 1. The van der Waals surface area contributed by atoms with E-state index >= 15 is 0 Å². The van der Waals surface area contributed by atoms with Crippen LogP contribution in [0.5, 0.6) is 0 Å². The average molecular weight is 159 g/mol. The Labute approximate surface area is 73.1 Å². The molecule has 1 aromatic carbocycles. The van der Waals surface area contributed by atoms with Crippen molar-refractivity contribution in [3.05, 3.63) is 41.6 Å². The lowest BCUT2D eigenvalue weighted by Gasteiger charge is -2.20. The SMILES string of the molecule is C=C1CCc2cc(C)ccc2N1. The van der Waals surface area contributed by atoms with Crippen LogP contribution < -0.4 is 5.32 Å². The summed E-state index contributed by atoms with van der Waals surface area (Å²) in [7, 11) is 0. The third-order valence-electron chi connectivity index (χ3n) is 2.27. The molecule has 0 aliphatic carbocycles. The van der Waals surface area contributed by atoms with Gasteiger partial charge in [-0.1, -0.05) is 24.3 Å². The summed E-state index contributed by atoms with van der Waals surface area (Å²) in [5, 5.41) is 3.29. The van der Waals surface area contributed by atoms with Gasteiger partial charge in [-0.25, -0.2) is 0 Å². The molecule has 0 saturated heterocycles. The van der Waals surface area contributed by atoms with Crippen molar-refractivity contribution in [2.45, 2.75) is 19.8 Å². The Hall–Kier alpha value is -1.24. The Bertz CT molecular complexity index is 326. The first kappa shape index (κ1) is 7.41. The van der Waals surface area contributed by atoms with Gasteiger partial charge >= 0.3 is 0 Å². The molecule has 1 aliphatic heterocycles. The molecular formula is C11H13N. The summed E-state index contributed by atoms with van der Waals surface area (Å²) in [6, 6.07) is 6.51. The van der Waals surface area contributed by atoms with Gasteiger partial charge in [0.1, 0.15) is 0 Å². The number of anilines is 1. The maximum Gasteiger partial charge on any atom is 0.0414 e. The van der Waals surface area contributed by atoms with Crippen LogP contribution in [-0.4, -0.2) is 0 Å². The molecule has 0 bridgehead atoms. The van der Waals surface area contributed by atoms with Crippen LogP contribution >= 0.6 is 0 Å². The summed E-state index contributed by atoms with van der Waals surface area (Å²) in [5.41, 5.74) is 5.12. The number of hydrogen-bond donors (Lipinski definition) is 1. The molecule has 0 aromatic heterocycles. The zero-order valence-corrected chi connectivity index (χ0v) is 7.35. The van der Waals surface area contributed by atoms with Crippen molar-refractivity contribution in [2.75, 3.05) is 5.32 Å². The first-order valence-corrected chi connectivity index (χ1v) is 4.30. The minimum absolute atomic E-state index is 1.07. The van der Waals surface area contributed by atoms with Gasteiger partial charge in [0.25, 0.3) is 0 Å². The molecule has 0 atom stereocenters. The topological polar surface area (TPSA) is 12.0 Å². The van der Waals surface area contributed by atoms with Gasteiger partial charge < -0.3 is 5.32 Å². The van der Waals surface area contributed by atoms with E-state index in [0.29, 0.717) is 0 Å². The van der Waals surface area contributed by atoms with Crippen molar-refractivity contribution in [3.8, 4) is 0 Å². The van der Waals surface area contributed by atoms with Crippen molar-refractivity contribution < 1.29 is 0 Å². The fourth-order valence-corrected chi connectivity index (χ4v) is 1.59.